The number of carbonyl (C=O) groups is 1. The number of hydrogen-bond donors (Lipinski definition) is 1. The number of halogens is 1. The lowest BCUT2D eigenvalue weighted by molar-refractivity contribution is -0.113. The fraction of sp³-hybridized carbons (Fsp3) is 0.125. The lowest BCUT2D eigenvalue weighted by atomic mass is 10.3. The zero-order valence-corrected chi connectivity index (χ0v) is 14.6. The van der Waals surface area contributed by atoms with E-state index >= 15 is 0 Å². The van der Waals surface area contributed by atoms with Crippen LogP contribution >= 0.6 is 34.7 Å². The second-order valence-corrected chi connectivity index (χ2v) is 7.16. The van der Waals surface area contributed by atoms with Crippen molar-refractivity contribution in [2.75, 3.05) is 18.2 Å². The summed E-state index contributed by atoms with van der Waals surface area (Å²) in [6.45, 7) is 0. The molecule has 2 aromatic carbocycles. The Morgan fingerprint density at radius 3 is 2.83 bits per heavy atom. The van der Waals surface area contributed by atoms with E-state index in [1.165, 1.54) is 23.1 Å². The molecule has 0 aliphatic heterocycles. The summed E-state index contributed by atoms with van der Waals surface area (Å²) in [5.41, 5.74) is 0.831. The summed E-state index contributed by atoms with van der Waals surface area (Å²) in [5.74, 6) is 1.03. The molecule has 118 valence electrons. The van der Waals surface area contributed by atoms with Crippen molar-refractivity contribution in [2.45, 2.75) is 4.90 Å². The van der Waals surface area contributed by atoms with Crippen molar-refractivity contribution >= 4 is 56.0 Å². The molecule has 0 aliphatic carbocycles. The maximum absolute atomic E-state index is 12.0. The van der Waals surface area contributed by atoms with Crippen molar-refractivity contribution in [3.63, 3.8) is 0 Å². The highest BCUT2D eigenvalue weighted by molar-refractivity contribution is 8.00. The van der Waals surface area contributed by atoms with E-state index in [-0.39, 0.29) is 5.91 Å². The Morgan fingerprint density at radius 1 is 1.30 bits per heavy atom. The van der Waals surface area contributed by atoms with Gasteiger partial charge in [0.1, 0.15) is 5.75 Å². The molecule has 0 bridgehead atoms. The minimum absolute atomic E-state index is 0.0871. The molecule has 3 rings (SSSR count). The van der Waals surface area contributed by atoms with Crippen LogP contribution in [0.1, 0.15) is 0 Å². The molecule has 0 unspecified atom stereocenters. The number of rotatable bonds is 5. The second-order valence-electron chi connectivity index (χ2n) is 4.64. The lowest BCUT2D eigenvalue weighted by Crippen LogP contribution is -2.13. The molecule has 0 saturated heterocycles. The van der Waals surface area contributed by atoms with E-state index in [2.05, 4.69) is 10.3 Å². The first-order valence-corrected chi connectivity index (χ1v) is 8.95. The standard InChI is InChI=1S/C16H13ClN2O2S2/c1-21-11-3-5-12(6-4-11)22-9-15(20)19-16-18-13-7-2-10(17)8-14(13)23-16/h2-8H,9H2,1H3,(H,18,19,20). The molecule has 0 aliphatic rings. The molecular weight excluding hydrogens is 352 g/mol. The maximum Gasteiger partial charge on any atom is 0.236 e. The van der Waals surface area contributed by atoms with E-state index in [1.807, 2.05) is 36.4 Å². The van der Waals surface area contributed by atoms with Gasteiger partial charge in [0.15, 0.2) is 5.13 Å². The molecule has 7 heteroatoms. The number of ether oxygens (including phenoxy) is 1. The van der Waals surface area contributed by atoms with E-state index in [4.69, 9.17) is 16.3 Å². The van der Waals surface area contributed by atoms with Gasteiger partial charge in [0.05, 0.1) is 23.1 Å². The van der Waals surface area contributed by atoms with Crippen LogP contribution in [0.2, 0.25) is 5.02 Å². The van der Waals surface area contributed by atoms with Crippen LogP contribution in [0.5, 0.6) is 5.75 Å². The Morgan fingerprint density at radius 2 is 2.09 bits per heavy atom. The van der Waals surface area contributed by atoms with E-state index in [9.17, 15) is 4.79 Å². The number of benzene rings is 2. The molecular formula is C16H13ClN2O2S2. The number of anilines is 1. The smallest absolute Gasteiger partial charge is 0.236 e. The van der Waals surface area contributed by atoms with Crippen molar-refractivity contribution in [3.05, 3.63) is 47.5 Å². The number of methoxy groups -OCH3 is 1. The summed E-state index contributed by atoms with van der Waals surface area (Å²) in [6.07, 6.45) is 0. The summed E-state index contributed by atoms with van der Waals surface area (Å²) in [6, 6.07) is 13.1. The first-order chi connectivity index (χ1) is 11.1. The SMILES string of the molecule is COc1ccc(SCC(=O)Nc2nc3ccc(Cl)cc3s2)cc1. The average molecular weight is 365 g/mol. The molecule has 0 saturated carbocycles. The first-order valence-electron chi connectivity index (χ1n) is 6.77. The number of nitrogens with one attached hydrogen (secondary N) is 1. The minimum atomic E-state index is -0.0871. The number of hydrogen-bond acceptors (Lipinski definition) is 5. The predicted molar refractivity (Wildman–Crippen MR) is 97.0 cm³/mol. The van der Waals surface area contributed by atoms with Gasteiger partial charge in [-0.2, -0.15) is 0 Å². The van der Waals surface area contributed by atoms with Crippen molar-refractivity contribution in [1.29, 1.82) is 0 Å². The zero-order valence-electron chi connectivity index (χ0n) is 12.2. The molecule has 1 heterocycles. The van der Waals surface area contributed by atoms with E-state index in [1.54, 1.807) is 13.2 Å². The van der Waals surface area contributed by atoms with Gasteiger partial charge in [-0.3, -0.25) is 4.79 Å². The highest BCUT2D eigenvalue weighted by Crippen LogP contribution is 2.28. The molecule has 1 aromatic heterocycles. The van der Waals surface area contributed by atoms with E-state index < -0.39 is 0 Å². The van der Waals surface area contributed by atoms with Crippen molar-refractivity contribution in [1.82, 2.24) is 4.98 Å². The van der Waals surface area contributed by atoms with Crippen molar-refractivity contribution in [3.8, 4) is 5.75 Å². The van der Waals surface area contributed by atoms with Crippen LogP contribution in [0, 0.1) is 0 Å². The van der Waals surface area contributed by atoms with E-state index in [0.29, 0.717) is 15.9 Å². The Hall–Kier alpha value is -1.76. The van der Waals surface area contributed by atoms with Crippen LogP contribution in [0.4, 0.5) is 5.13 Å². The summed E-state index contributed by atoms with van der Waals surface area (Å²) in [5, 5.41) is 4.07. The Labute approximate surface area is 146 Å². The molecule has 3 aromatic rings. The highest BCUT2D eigenvalue weighted by Gasteiger charge is 2.09. The topological polar surface area (TPSA) is 51.2 Å². The Bertz CT molecular complexity index is 834. The van der Waals surface area contributed by atoms with Gasteiger partial charge in [0.2, 0.25) is 5.91 Å². The van der Waals surface area contributed by atoms with Gasteiger partial charge in [0.25, 0.3) is 0 Å². The number of amides is 1. The van der Waals surface area contributed by atoms with Crippen LogP contribution in [-0.2, 0) is 4.79 Å². The third kappa shape index (κ3) is 4.16. The average Bonchev–Trinajstić information content (AvgIpc) is 2.94. The highest BCUT2D eigenvalue weighted by atomic mass is 35.5. The summed E-state index contributed by atoms with van der Waals surface area (Å²) in [4.78, 5) is 17.4. The number of fused-ring (bicyclic) bond motifs is 1. The third-order valence-corrected chi connectivity index (χ3v) is 5.21. The molecule has 0 spiro atoms. The normalized spacial score (nSPS) is 10.7. The molecule has 23 heavy (non-hydrogen) atoms. The van der Waals surface area contributed by atoms with Crippen LogP contribution < -0.4 is 10.1 Å². The number of aromatic nitrogens is 1. The van der Waals surface area contributed by atoms with Gasteiger partial charge in [-0.1, -0.05) is 22.9 Å². The van der Waals surface area contributed by atoms with Crippen LogP contribution in [0.25, 0.3) is 10.2 Å². The zero-order chi connectivity index (χ0) is 16.2. The van der Waals surface area contributed by atoms with Crippen LogP contribution in [0.3, 0.4) is 0 Å². The maximum atomic E-state index is 12.0. The fourth-order valence-electron chi connectivity index (χ4n) is 1.93. The molecule has 4 nitrogen and oxygen atoms in total. The molecule has 0 atom stereocenters. The first kappa shape index (κ1) is 16.1. The Balaban J connectivity index is 1.59. The predicted octanol–water partition coefficient (Wildman–Crippen LogP) is 4.69. The number of nitrogens with zero attached hydrogens (tertiary/aromatic N) is 1. The largest absolute Gasteiger partial charge is 0.497 e. The van der Waals surface area contributed by atoms with Crippen molar-refractivity contribution in [2.24, 2.45) is 0 Å². The second kappa shape index (κ2) is 7.21. The monoisotopic (exact) mass is 364 g/mol. The molecule has 0 fully saturated rings. The van der Waals surface area contributed by atoms with Gasteiger partial charge in [-0.25, -0.2) is 4.98 Å². The summed E-state index contributed by atoms with van der Waals surface area (Å²) in [7, 11) is 1.63. The van der Waals surface area contributed by atoms with Gasteiger partial charge in [-0.05, 0) is 42.5 Å². The van der Waals surface area contributed by atoms with Crippen LogP contribution in [-0.4, -0.2) is 23.8 Å². The quantitative estimate of drug-likeness (QED) is 0.667. The fourth-order valence-corrected chi connectivity index (χ4v) is 3.78. The number of carbonyl (C=O) groups excluding carboxylic acids is 1. The van der Waals surface area contributed by atoms with Crippen molar-refractivity contribution < 1.29 is 9.53 Å². The Kier molecular flexibility index (Phi) is 5.05. The molecule has 1 N–H and O–H groups in total. The molecule has 1 amide bonds. The minimum Gasteiger partial charge on any atom is -0.497 e. The summed E-state index contributed by atoms with van der Waals surface area (Å²) >= 11 is 8.83. The third-order valence-electron chi connectivity index (χ3n) is 3.03. The number of thioether (sulfide) groups is 1. The van der Waals surface area contributed by atoms with Gasteiger partial charge in [0, 0.05) is 9.92 Å². The van der Waals surface area contributed by atoms with Gasteiger partial charge >= 0.3 is 0 Å². The number of thiazole rings is 1. The van der Waals surface area contributed by atoms with Gasteiger partial charge in [-0.15, -0.1) is 11.8 Å². The molecule has 0 radical (unpaired) electrons. The summed E-state index contributed by atoms with van der Waals surface area (Å²) < 4.78 is 6.06. The lowest BCUT2D eigenvalue weighted by Gasteiger charge is -2.03. The van der Waals surface area contributed by atoms with Crippen LogP contribution in [0.15, 0.2) is 47.4 Å². The van der Waals surface area contributed by atoms with Gasteiger partial charge < -0.3 is 10.1 Å². The van der Waals surface area contributed by atoms with E-state index in [0.717, 1.165) is 20.9 Å².